The molecule has 1 atom stereocenters. The molecule has 0 bridgehead atoms. The van der Waals surface area contributed by atoms with E-state index in [2.05, 4.69) is 0 Å². The van der Waals surface area contributed by atoms with Crippen molar-refractivity contribution in [2.75, 3.05) is 13.7 Å². The van der Waals surface area contributed by atoms with E-state index in [0.29, 0.717) is 0 Å². The zero-order valence-corrected chi connectivity index (χ0v) is 10.3. The van der Waals surface area contributed by atoms with E-state index in [4.69, 9.17) is 10.5 Å². The molecule has 0 radical (unpaired) electrons. The van der Waals surface area contributed by atoms with E-state index in [0.717, 1.165) is 11.3 Å². The number of methoxy groups -OCH3 is 1. The van der Waals surface area contributed by atoms with E-state index >= 15 is 0 Å². The minimum absolute atomic E-state index is 0. The predicted molar refractivity (Wildman–Crippen MR) is 66.9 cm³/mol. The number of allylic oxidation sites excluding steroid dienone is 1. The third-order valence-electron chi connectivity index (χ3n) is 2.25. The van der Waals surface area contributed by atoms with Gasteiger partial charge in [-0.2, -0.15) is 0 Å². The zero-order chi connectivity index (χ0) is 11.3. The number of ether oxygens (including phenoxy) is 1. The molecule has 0 saturated carbocycles. The quantitative estimate of drug-likeness (QED) is 0.885. The molecule has 0 aliphatic rings. The van der Waals surface area contributed by atoms with Gasteiger partial charge in [0.25, 0.3) is 0 Å². The van der Waals surface area contributed by atoms with Crippen molar-refractivity contribution in [1.29, 1.82) is 0 Å². The van der Waals surface area contributed by atoms with E-state index in [-0.39, 0.29) is 30.7 Å². The molecule has 1 aromatic carbocycles. The molecule has 1 aromatic rings. The zero-order valence-electron chi connectivity index (χ0n) is 9.44. The summed E-state index contributed by atoms with van der Waals surface area (Å²) in [5, 5.41) is 0. The first-order valence-corrected chi connectivity index (χ1v) is 4.87. The van der Waals surface area contributed by atoms with Crippen molar-refractivity contribution >= 4 is 12.4 Å². The Kier molecular flexibility index (Phi) is 6.77. The van der Waals surface area contributed by atoms with Crippen molar-refractivity contribution < 1.29 is 9.13 Å². The summed E-state index contributed by atoms with van der Waals surface area (Å²) in [7, 11) is 1.61. The first-order valence-electron chi connectivity index (χ1n) is 4.87. The molecule has 16 heavy (non-hydrogen) atoms. The van der Waals surface area contributed by atoms with Crippen molar-refractivity contribution in [2.24, 2.45) is 5.73 Å². The number of benzene rings is 1. The van der Waals surface area contributed by atoms with Crippen LogP contribution in [0.1, 0.15) is 18.4 Å². The molecule has 0 heterocycles. The van der Waals surface area contributed by atoms with Gasteiger partial charge in [0.05, 0.1) is 7.11 Å². The lowest BCUT2D eigenvalue weighted by molar-refractivity contribution is 0.414. The van der Waals surface area contributed by atoms with Crippen LogP contribution in [-0.2, 0) is 0 Å². The summed E-state index contributed by atoms with van der Waals surface area (Å²) in [5.74, 6) is 0.495. The van der Waals surface area contributed by atoms with Gasteiger partial charge in [-0.1, -0.05) is 19.1 Å². The van der Waals surface area contributed by atoms with Gasteiger partial charge in [0.15, 0.2) is 0 Å². The Bertz CT molecular complexity index is 355. The predicted octanol–water partition coefficient (Wildman–Crippen LogP) is 3.03. The lowest BCUT2D eigenvalue weighted by atomic mass is 10.0. The molecule has 90 valence electrons. The average molecular weight is 246 g/mol. The second-order valence-corrected chi connectivity index (χ2v) is 3.38. The molecule has 2 nitrogen and oxygen atoms in total. The Morgan fingerprint density at radius 2 is 2.25 bits per heavy atom. The smallest absolute Gasteiger partial charge is 0.119 e. The number of hydrogen-bond donors (Lipinski definition) is 1. The van der Waals surface area contributed by atoms with Crippen molar-refractivity contribution in [3.63, 3.8) is 0 Å². The van der Waals surface area contributed by atoms with Gasteiger partial charge in [0.2, 0.25) is 0 Å². The normalized spacial score (nSPS) is 12.9. The highest BCUT2D eigenvalue weighted by molar-refractivity contribution is 5.85. The molecule has 0 spiro atoms. The molecule has 0 amide bonds. The second-order valence-electron chi connectivity index (χ2n) is 3.38. The van der Waals surface area contributed by atoms with E-state index in [1.54, 1.807) is 7.11 Å². The summed E-state index contributed by atoms with van der Waals surface area (Å²) >= 11 is 0. The number of rotatable bonds is 4. The van der Waals surface area contributed by atoms with Gasteiger partial charge >= 0.3 is 0 Å². The number of nitrogens with two attached hydrogens (primary N) is 1. The summed E-state index contributed by atoms with van der Waals surface area (Å²) in [6.07, 6.45) is 1.52. The fraction of sp³-hybridized carbons (Fsp3) is 0.333. The van der Waals surface area contributed by atoms with Crippen molar-refractivity contribution in [3.05, 3.63) is 41.7 Å². The second kappa shape index (κ2) is 7.25. The van der Waals surface area contributed by atoms with Crippen LogP contribution in [0.3, 0.4) is 0 Å². The van der Waals surface area contributed by atoms with Crippen LogP contribution in [0.4, 0.5) is 4.39 Å². The first-order chi connectivity index (χ1) is 7.17. The highest BCUT2D eigenvalue weighted by Crippen LogP contribution is 2.22. The fourth-order valence-electron chi connectivity index (χ4n) is 1.36. The third kappa shape index (κ3) is 4.21. The third-order valence-corrected chi connectivity index (χ3v) is 2.25. The summed E-state index contributed by atoms with van der Waals surface area (Å²) < 4.78 is 18.1. The van der Waals surface area contributed by atoms with Crippen LogP contribution >= 0.6 is 12.4 Å². The van der Waals surface area contributed by atoms with Crippen molar-refractivity contribution in [2.45, 2.75) is 12.8 Å². The minimum Gasteiger partial charge on any atom is -0.497 e. The van der Waals surface area contributed by atoms with Gasteiger partial charge < -0.3 is 10.5 Å². The molecule has 0 fully saturated rings. The van der Waals surface area contributed by atoms with Gasteiger partial charge in [-0.3, -0.25) is 0 Å². The van der Waals surface area contributed by atoms with Crippen LogP contribution in [0.25, 0.3) is 0 Å². The first kappa shape index (κ1) is 14.9. The molecule has 4 heteroatoms. The van der Waals surface area contributed by atoms with E-state index in [9.17, 15) is 4.39 Å². The fourth-order valence-corrected chi connectivity index (χ4v) is 1.36. The molecule has 1 unspecified atom stereocenters. The maximum atomic E-state index is 13.0. The maximum absolute atomic E-state index is 13.0. The standard InChI is InChI=1S/C12H16FNO.ClH/c1-9(6-11(13)8-14)10-4-3-5-12(7-10)15-2;/h3-7,9H,8,14H2,1-2H3;1H. The van der Waals surface area contributed by atoms with Crippen LogP contribution in [0.5, 0.6) is 5.75 Å². The lowest BCUT2D eigenvalue weighted by Crippen LogP contribution is -2.00. The van der Waals surface area contributed by atoms with Gasteiger partial charge in [-0.15, -0.1) is 12.4 Å². The highest BCUT2D eigenvalue weighted by Gasteiger charge is 2.04. The van der Waals surface area contributed by atoms with Gasteiger partial charge in [0.1, 0.15) is 11.6 Å². The Morgan fingerprint density at radius 3 is 2.81 bits per heavy atom. The summed E-state index contributed by atoms with van der Waals surface area (Å²) in [6.45, 7) is 1.87. The van der Waals surface area contributed by atoms with Gasteiger partial charge in [-0.05, 0) is 23.8 Å². The Balaban J connectivity index is 0.00000225. The van der Waals surface area contributed by atoms with Crippen LogP contribution in [-0.4, -0.2) is 13.7 Å². The van der Waals surface area contributed by atoms with E-state index < -0.39 is 0 Å². The van der Waals surface area contributed by atoms with Gasteiger partial charge in [0, 0.05) is 12.5 Å². The maximum Gasteiger partial charge on any atom is 0.119 e. The van der Waals surface area contributed by atoms with Crippen LogP contribution in [0.15, 0.2) is 36.2 Å². The molecular weight excluding hydrogens is 229 g/mol. The van der Waals surface area contributed by atoms with Crippen molar-refractivity contribution in [1.82, 2.24) is 0 Å². The largest absolute Gasteiger partial charge is 0.497 e. The molecular formula is C12H17ClFNO. The number of hydrogen-bond acceptors (Lipinski definition) is 2. The summed E-state index contributed by atoms with van der Waals surface area (Å²) in [6, 6.07) is 7.58. The SMILES string of the molecule is COc1cccc(C(C)C=C(F)CN)c1.Cl. The van der Waals surface area contributed by atoms with Gasteiger partial charge in [-0.25, -0.2) is 4.39 Å². The Labute approximate surface area is 102 Å². The summed E-state index contributed by atoms with van der Waals surface area (Å²) in [4.78, 5) is 0. The average Bonchev–Trinajstić information content (AvgIpc) is 2.28. The lowest BCUT2D eigenvalue weighted by Gasteiger charge is -2.08. The molecule has 0 aliphatic heterocycles. The van der Waals surface area contributed by atoms with Crippen LogP contribution in [0.2, 0.25) is 0 Å². The van der Waals surface area contributed by atoms with Crippen LogP contribution < -0.4 is 10.5 Å². The van der Waals surface area contributed by atoms with Crippen molar-refractivity contribution in [3.8, 4) is 5.75 Å². The van der Waals surface area contributed by atoms with E-state index in [1.807, 2.05) is 31.2 Å². The molecule has 0 aliphatic carbocycles. The summed E-state index contributed by atoms with van der Waals surface area (Å²) in [5.41, 5.74) is 6.20. The minimum atomic E-state index is -0.287. The number of halogens is 2. The molecule has 0 saturated heterocycles. The Hall–Kier alpha value is -1.06. The molecule has 1 rings (SSSR count). The Morgan fingerprint density at radius 1 is 1.56 bits per heavy atom. The topological polar surface area (TPSA) is 35.2 Å². The van der Waals surface area contributed by atoms with E-state index in [1.165, 1.54) is 6.08 Å². The molecule has 2 N–H and O–H groups in total. The van der Waals surface area contributed by atoms with Crippen LogP contribution in [0, 0.1) is 0 Å². The highest BCUT2D eigenvalue weighted by atomic mass is 35.5. The monoisotopic (exact) mass is 245 g/mol. The molecule has 0 aromatic heterocycles.